The molecule has 0 aromatic heterocycles. The quantitative estimate of drug-likeness (QED) is 0.288. The number of nitro groups is 1. The highest BCUT2D eigenvalue weighted by atomic mass is 16.6. The first-order valence-electron chi connectivity index (χ1n) is 8.97. The van der Waals surface area contributed by atoms with Crippen molar-refractivity contribution in [3.05, 3.63) is 63.7 Å². The van der Waals surface area contributed by atoms with E-state index in [0.29, 0.717) is 30.7 Å². The summed E-state index contributed by atoms with van der Waals surface area (Å²) in [5, 5.41) is 13.8. The lowest BCUT2D eigenvalue weighted by molar-refractivity contribution is -0.385. The van der Waals surface area contributed by atoms with Gasteiger partial charge in [-0.3, -0.25) is 20.2 Å². The van der Waals surface area contributed by atoms with Crippen LogP contribution < -0.4 is 20.5 Å². The SMILES string of the molecule is COc1cc(CCCC(=O)NC(N)=NCc2ccccc2)c([N+](=O)[O-])cc1OC. The Balaban J connectivity index is 1.91. The number of ether oxygens (including phenoxy) is 2. The summed E-state index contributed by atoms with van der Waals surface area (Å²) in [6.07, 6.45) is 0.867. The molecule has 0 saturated carbocycles. The number of aryl methyl sites for hydroxylation is 1. The summed E-state index contributed by atoms with van der Waals surface area (Å²) in [6, 6.07) is 12.4. The number of hydrogen-bond acceptors (Lipinski definition) is 6. The van der Waals surface area contributed by atoms with Crippen LogP contribution in [0.15, 0.2) is 47.5 Å². The number of nitrogens with one attached hydrogen (secondary N) is 1. The number of rotatable bonds is 9. The van der Waals surface area contributed by atoms with Gasteiger partial charge in [-0.1, -0.05) is 30.3 Å². The monoisotopic (exact) mass is 400 g/mol. The fourth-order valence-electron chi connectivity index (χ4n) is 2.72. The minimum absolute atomic E-state index is 0.0379. The van der Waals surface area contributed by atoms with Crippen LogP contribution in [0.25, 0.3) is 0 Å². The maximum Gasteiger partial charge on any atom is 0.276 e. The van der Waals surface area contributed by atoms with Crippen molar-refractivity contribution in [2.45, 2.75) is 25.8 Å². The second-order valence-corrected chi connectivity index (χ2v) is 6.18. The van der Waals surface area contributed by atoms with Gasteiger partial charge in [0, 0.05) is 12.0 Å². The van der Waals surface area contributed by atoms with Crippen molar-refractivity contribution in [1.29, 1.82) is 0 Å². The highest BCUT2D eigenvalue weighted by Gasteiger charge is 2.19. The third-order valence-corrected chi connectivity index (χ3v) is 4.17. The summed E-state index contributed by atoms with van der Waals surface area (Å²) in [5.41, 5.74) is 7.10. The van der Waals surface area contributed by atoms with Crippen molar-refractivity contribution in [3.63, 3.8) is 0 Å². The number of carbonyl (C=O) groups excluding carboxylic acids is 1. The molecule has 0 saturated heterocycles. The molecule has 154 valence electrons. The first-order valence-corrected chi connectivity index (χ1v) is 8.97. The zero-order valence-electron chi connectivity index (χ0n) is 16.4. The molecule has 0 spiro atoms. The van der Waals surface area contributed by atoms with Gasteiger partial charge in [-0.15, -0.1) is 0 Å². The van der Waals surface area contributed by atoms with Crippen LogP contribution in [0.1, 0.15) is 24.0 Å². The molecule has 2 rings (SSSR count). The van der Waals surface area contributed by atoms with Gasteiger partial charge in [0.2, 0.25) is 5.91 Å². The smallest absolute Gasteiger partial charge is 0.276 e. The summed E-state index contributed by atoms with van der Waals surface area (Å²) in [4.78, 5) is 27.0. The molecule has 0 fully saturated rings. The van der Waals surface area contributed by atoms with E-state index in [4.69, 9.17) is 15.2 Å². The van der Waals surface area contributed by atoms with Gasteiger partial charge in [-0.25, -0.2) is 4.99 Å². The Bertz CT molecular complexity index is 884. The van der Waals surface area contributed by atoms with E-state index < -0.39 is 4.92 Å². The minimum atomic E-state index is -0.481. The number of benzene rings is 2. The number of carbonyl (C=O) groups is 1. The van der Waals surface area contributed by atoms with E-state index in [1.807, 2.05) is 30.3 Å². The third-order valence-electron chi connectivity index (χ3n) is 4.17. The van der Waals surface area contributed by atoms with Crippen LogP contribution in [0.3, 0.4) is 0 Å². The number of aliphatic imine (C=N–C) groups is 1. The Labute approximate surface area is 168 Å². The van der Waals surface area contributed by atoms with Crippen molar-refractivity contribution in [2.24, 2.45) is 10.7 Å². The second-order valence-electron chi connectivity index (χ2n) is 6.18. The molecule has 9 heteroatoms. The van der Waals surface area contributed by atoms with Gasteiger partial charge in [0.1, 0.15) is 0 Å². The van der Waals surface area contributed by atoms with Crippen molar-refractivity contribution in [1.82, 2.24) is 5.32 Å². The predicted molar refractivity (Wildman–Crippen MR) is 109 cm³/mol. The second kappa shape index (κ2) is 10.6. The maximum absolute atomic E-state index is 12.0. The average Bonchev–Trinajstić information content (AvgIpc) is 2.72. The number of nitrogens with zero attached hydrogens (tertiary/aromatic N) is 2. The van der Waals surface area contributed by atoms with Crippen LogP contribution >= 0.6 is 0 Å². The molecule has 0 radical (unpaired) electrons. The summed E-state index contributed by atoms with van der Waals surface area (Å²) >= 11 is 0. The highest BCUT2D eigenvalue weighted by molar-refractivity contribution is 5.96. The fourth-order valence-corrected chi connectivity index (χ4v) is 2.72. The topological polar surface area (TPSA) is 129 Å². The first kappa shape index (κ1) is 21.7. The Morgan fingerprint density at radius 2 is 1.83 bits per heavy atom. The summed E-state index contributed by atoms with van der Waals surface area (Å²) < 4.78 is 10.3. The molecule has 0 heterocycles. The fraction of sp³-hybridized carbons (Fsp3) is 0.300. The Kier molecular flexibility index (Phi) is 7.96. The molecule has 0 aliphatic heterocycles. The Hall–Kier alpha value is -3.62. The van der Waals surface area contributed by atoms with E-state index in [2.05, 4.69) is 10.3 Å². The number of nitrogens with two attached hydrogens (primary N) is 1. The van der Waals surface area contributed by atoms with Crippen molar-refractivity contribution >= 4 is 17.6 Å². The molecular weight excluding hydrogens is 376 g/mol. The van der Waals surface area contributed by atoms with Gasteiger partial charge in [-0.05, 0) is 24.5 Å². The van der Waals surface area contributed by atoms with E-state index >= 15 is 0 Å². The molecule has 0 aliphatic rings. The summed E-state index contributed by atoms with van der Waals surface area (Å²) in [6.45, 7) is 0.366. The molecule has 3 N–H and O–H groups in total. The van der Waals surface area contributed by atoms with Gasteiger partial charge in [0.15, 0.2) is 17.5 Å². The minimum Gasteiger partial charge on any atom is -0.493 e. The molecule has 2 aromatic carbocycles. The van der Waals surface area contributed by atoms with Crippen LogP contribution in [0, 0.1) is 10.1 Å². The summed E-state index contributed by atoms with van der Waals surface area (Å²) in [5.74, 6) is 0.413. The van der Waals surface area contributed by atoms with Crippen LogP contribution in [-0.4, -0.2) is 31.0 Å². The molecule has 29 heavy (non-hydrogen) atoms. The number of hydrogen-bond donors (Lipinski definition) is 2. The molecule has 0 atom stereocenters. The van der Waals surface area contributed by atoms with E-state index in [-0.39, 0.29) is 29.7 Å². The number of nitro benzene ring substituents is 1. The van der Waals surface area contributed by atoms with E-state index in [1.54, 1.807) is 6.07 Å². The standard InChI is InChI=1S/C20H24N4O5/c1-28-17-11-15(16(24(26)27)12-18(17)29-2)9-6-10-19(25)23-20(21)22-13-14-7-4-3-5-8-14/h3-5,7-8,11-12H,6,9-10,13H2,1-2H3,(H3,21,22,23,25). The zero-order chi connectivity index (χ0) is 21.2. The van der Waals surface area contributed by atoms with Crippen LogP contribution in [0.2, 0.25) is 0 Å². The summed E-state index contributed by atoms with van der Waals surface area (Å²) in [7, 11) is 2.87. The molecule has 2 aromatic rings. The van der Waals surface area contributed by atoms with E-state index in [0.717, 1.165) is 5.56 Å². The lowest BCUT2D eigenvalue weighted by Gasteiger charge is -2.10. The van der Waals surface area contributed by atoms with Gasteiger partial charge in [0.05, 0.1) is 31.8 Å². The molecule has 0 unspecified atom stereocenters. The lowest BCUT2D eigenvalue weighted by atomic mass is 10.0. The van der Waals surface area contributed by atoms with Gasteiger partial charge >= 0.3 is 0 Å². The molecule has 0 bridgehead atoms. The predicted octanol–water partition coefficient (Wildman–Crippen LogP) is 2.57. The molecule has 0 aliphatic carbocycles. The van der Waals surface area contributed by atoms with Gasteiger partial charge in [0.25, 0.3) is 5.69 Å². The normalized spacial score (nSPS) is 11.0. The molecule has 9 nitrogen and oxygen atoms in total. The Morgan fingerprint density at radius 3 is 2.45 bits per heavy atom. The number of guanidine groups is 1. The van der Waals surface area contributed by atoms with Crippen LogP contribution in [0.5, 0.6) is 11.5 Å². The van der Waals surface area contributed by atoms with Crippen molar-refractivity contribution in [3.8, 4) is 11.5 Å². The maximum atomic E-state index is 12.0. The van der Waals surface area contributed by atoms with Crippen LogP contribution in [-0.2, 0) is 17.8 Å². The van der Waals surface area contributed by atoms with E-state index in [9.17, 15) is 14.9 Å². The first-order chi connectivity index (χ1) is 13.9. The van der Waals surface area contributed by atoms with E-state index in [1.165, 1.54) is 20.3 Å². The Morgan fingerprint density at radius 1 is 1.17 bits per heavy atom. The van der Waals surface area contributed by atoms with Gasteiger partial charge < -0.3 is 15.2 Å². The zero-order valence-corrected chi connectivity index (χ0v) is 16.4. The third kappa shape index (κ3) is 6.49. The van der Waals surface area contributed by atoms with Crippen LogP contribution in [0.4, 0.5) is 5.69 Å². The number of methoxy groups -OCH3 is 2. The largest absolute Gasteiger partial charge is 0.493 e. The molecule has 1 amide bonds. The average molecular weight is 400 g/mol. The van der Waals surface area contributed by atoms with Gasteiger partial charge in [-0.2, -0.15) is 0 Å². The molecular formula is C20H24N4O5. The number of amides is 1. The van der Waals surface area contributed by atoms with Crippen molar-refractivity contribution < 1.29 is 19.2 Å². The lowest BCUT2D eigenvalue weighted by Crippen LogP contribution is -2.36. The highest BCUT2D eigenvalue weighted by Crippen LogP contribution is 2.35. The van der Waals surface area contributed by atoms with Crippen molar-refractivity contribution in [2.75, 3.05) is 14.2 Å².